The summed E-state index contributed by atoms with van der Waals surface area (Å²) >= 11 is 0. The first-order valence-corrected chi connectivity index (χ1v) is 12.6. The van der Waals surface area contributed by atoms with Crippen molar-refractivity contribution in [1.82, 2.24) is 4.90 Å². The van der Waals surface area contributed by atoms with E-state index in [1.165, 1.54) is 36.1 Å². The van der Waals surface area contributed by atoms with E-state index in [1.54, 1.807) is 12.1 Å². The van der Waals surface area contributed by atoms with Crippen LogP contribution in [-0.2, 0) is 12.7 Å². The molecule has 4 aliphatic heterocycles. The fourth-order valence-corrected chi connectivity index (χ4v) is 6.86. The van der Waals surface area contributed by atoms with E-state index in [0.717, 1.165) is 18.6 Å². The van der Waals surface area contributed by atoms with Crippen LogP contribution < -0.4 is 0 Å². The number of halogens is 3. The van der Waals surface area contributed by atoms with Gasteiger partial charge in [0.2, 0.25) is 0 Å². The van der Waals surface area contributed by atoms with Crippen LogP contribution in [0.1, 0.15) is 53.9 Å². The summed E-state index contributed by atoms with van der Waals surface area (Å²) in [7, 11) is 0. The van der Waals surface area contributed by atoms with Crippen LogP contribution >= 0.6 is 0 Å². The van der Waals surface area contributed by atoms with Crippen molar-refractivity contribution >= 4 is 5.71 Å². The fourth-order valence-electron chi connectivity index (χ4n) is 6.86. The lowest BCUT2D eigenvalue weighted by molar-refractivity contribution is -0.138. The van der Waals surface area contributed by atoms with Crippen molar-refractivity contribution in [3.63, 3.8) is 0 Å². The molecule has 4 fully saturated rings. The number of hydrogen-bond donors (Lipinski definition) is 0. The van der Waals surface area contributed by atoms with Gasteiger partial charge < -0.3 is 0 Å². The van der Waals surface area contributed by atoms with Crippen molar-refractivity contribution in [2.45, 2.75) is 62.4 Å². The van der Waals surface area contributed by atoms with E-state index < -0.39 is 11.7 Å². The van der Waals surface area contributed by atoms with Gasteiger partial charge in [0.25, 0.3) is 0 Å². The van der Waals surface area contributed by atoms with E-state index in [-0.39, 0.29) is 24.1 Å². The van der Waals surface area contributed by atoms with Crippen LogP contribution in [0.3, 0.4) is 0 Å². The van der Waals surface area contributed by atoms with Crippen LogP contribution in [0.25, 0.3) is 0 Å². The first-order valence-electron chi connectivity index (χ1n) is 12.6. The third kappa shape index (κ3) is 4.10. The van der Waals surface area contributed by atoms with Crippen molar-refractivity contribution < 1.29 is 13.2 Å². The minimum Gasteiger partial charge on any atom is -0.288 e. The van der Waals surface area contributed by atoms with Gasteiger partial charge in [-0.1, -0.05) is 78.9 Å². The van der Waals surface area contributed by atoms with Gasteiger partial charge in [-0.3, -0.25) is 9.89 Å². The molecule has 35 heavy (non-hydrogen) atoms. The van der Waals surface area contributed by atoms with Crippen LogP contribution in [0.4, 0.5) is 13.2 Å². The fraction of sp³-hybridized carbons (Fsp3) is 0.367. The number of fused-ring (bicyclic) bond motifs is 1. The average Bonchev–Trinajstić information content (AvgIpc) is 3.16. The van der Waals surface area contributed by atoms with Crippen molar-refractivity contribution in [2.24, 2.45) is 10.9 Å². The molecule has 4 aliphatic rings. The molecule has 0 aliphatic carbocycles. The highest BCUT2D eigenvalue weighted by molar-refractivity contribution is 5.95. The number of aliphatic imine (C=N–C) groups is 1. The second-order valence-corrected chi connectivity index (χ2v) is 10.1. The Morgan fingerprint density at radius 3 is 1.89 bits per heavy atom. The Bertz CT molecular complexity index is 1150. The minimum atomic E-state index is -4.37. The van der Waals surface area contributed by atoms with E-state index in [4.69, 9.17) is 4.99 Å². The topological polar surface area (TPSA) is 15.6 Å². The molecule has 7 rings (SSSR count). The maximum absolute atomic E-state index is 13.7. The Labute approximate surface area is 204 Å². The minimum absolute atomic E-state index is 0.0670. The number of nitrogens with zero attached hydrogens (tertiary/aromatic N) is 2. The number of benzene rings is 3. The first-order chi connectivity index (χ1) is 17.0. The first kappa shape index (κ1) is 22.5. The van der Waals surface area contributed by atoms with Crippen LogP contribution in [0.2, 0.25) is 0 Å². The normalized spacial score (nSPS) is 28.7. The second-order valence-electron chi connectivity index (χ2n) is 10.1. The average molecular weight is 475 g/mol. The summed E-state index contributed by atoms with van der Waals surface area (Å²) in [4.78, 5) is 7.72. The lowest BCUT2D eigenvalue weighted by Gasteiger charge is -2.54. The molecule has 3 aromatic rings. The SMILES string of the molecule is FC(F)(F)c1ccccc1CN=C1C2C[C@H]3CC[C@@H](C2)N3C1C(c1ccccc1)c1ccccc1. The predicted octanol–water partition coefficient (Wildman–Crippen LogP) is 7.10. The van der Waals surface area contributed by atoms with Gasteiger partial charge in [-0.2, -0.15) is 13.2 Å². The Kier molecular flexibility index (Phi) is 5.76. The van der Waals surface area contributed by atoms with Gasteiger partial charge in [-0.25, -0.2) is 0 Å². The third-order valence-corrected chi connectivity index (χ3v) is 8.22. The van der Waals surface area contributed by atoms with Gasteiger partial charge in [0.1, 0.15) is 0 Å². The molecule has 5 atom stereocenters. The smallest absolute Gasteiger partial charge is 0.288 e. The standard InChI is InChI=1S/C30H29F3N2/c31-30(32,33)26-14-8-7-13-22(26)19-34-28-23-17-24-15-16-25(18-23)35(24)29(28)27(20-9-3-1-4-10-20)21-11-5-2-6-12-21/h1-14,23-25,27,29H,15-19H2/t23?,24-,25+,29?. The largest absolute Gasteiger partial charge is 0.416 e. The predicted molar refractivity (Wildman–Crippen MR) is 132 cm³/mol. The van der Waals surface area contributed by atoms with Crippen LogP contribution in [0.15, 0.2) is 89.9 Å². The van der Waals surface area contributed by atoms with Crippen LogP contribution in [0.5, 0.6) is 0 Å². The Morgan fingerprint density at radius 2 is 1.31 bits per heavy atom. The quantitative estimate of drug-likeness (QED) is 0.385. The van der Waals surface area contributed by atoms with E-state index in [0.29, 0.717) is 18.0 Å². The molecule has 3 aromatic carbocycles. The maximum atomic E-state index is 13.7. The van der Waals surface area contributed by atoms with Gasteiger partial charge in [-0.15, -0.1) is 0 Å². The summed E-state index contributed by atoms with van der Waals surface area (Å²) in [6.45, 7) is 0.0670. The second kappa shape index (κ2) is 8.94. The monoisotopic (exact) mass is 474 g/mol. The third-order valence-electron chi connectivity index (χ3n) is 8.22. The summed E-state index contributed by atoms with van der Waals surface area (Å²) in [5, 5.41) is 0. The molecule has 0 amide bonds. The molecule has 3 unspecified atom stereocenters. The molecule has 5 heteroatoms. The van der Waals surface area contributed by atoms with Crippen molar-refractivity contribution in [3.8, 4) is 0 Å². The Morgan fingerprint density at radius 1 is 0.771 bits per heavy atom. The molecule has 0 aromatic heterocycles. The van der Waals surface area contributed by atoms with Crippen molar-refractivity contribution in [1.29, 1.82) is 0 Å². The highest BCUT2D eigenvalue weighted by atomic mass is 19.4. The van der Waals surface area contributed by atoms with Gasteiger partial charge in [0.05, 0.1) is 18.2 Å². The summed E-state index contributed by atoms with van der Waals surface area (Å²) in [6, 6.07) is 28.1. The molecule has 2 nitrogen and oxygen atoms in total. The van der Waals surface area contributed by atoms with Gasteiger partial charge >= 0.3 is 6.18 Å². The zero-order valence-corrected chi connectivity index (χ0v) is 19.5. The van der Waals surface area contributed by atoms with Gasteiger partial charge in [0, 0.05) is 29.6 Å². The van der Waals surface area contributed by atoms with E-state index in [2.05, 4.69) is 53.4 Å². The summed E-state index contributed by atoms with van der Waals surface area (Å²) in [5.74, 6) is 0.440. The molecule has 180 valence electrons. The molecule has 4 saturated heterocycles. The lowest BCUT2D eigenvalue weighted by atomic mass is 9.70. The van der Waals surface area contributed by atoms with Crippen LogP contribution in [0, 0.1) is 5.92 Å². The highest BCUT2D eigenvalue weighted by Crippen LogP contribution is 2.50. The molecule has 0 saturated carbocycles. The van der Waals surface area contributed by atoms with Crippen molar-refractivity contribution in [2.75, 3.05) is 0 Å². The summed E-state index contributed by atoms with van der Waals surface area (Å²) in [6.07, 6.45) is 0.184. The Balaban J connectivity index is 1.45. The summed E-state index contributed by atoms with van der Waals surface area (Å²) < 4.78 is 41.0. The van der Waals surface area contributed by atoms with E-state index in [9.17, 15) is 13.2 Å². The molecule has 4 heterocycles. The van der Waals surface area contributed by atoms with Crippen molar-refractivity contribution in [3.05, 3.63) is 107 Å². The molecule has 0 spiro atoms. The van der Waals surface area contributed by atoms with E-state index in [1.807, 2.05) is 12.1 Å². The number of hydrogen-bond acceptors (Lipinski definition) is 2. The lowest BCUT2D eigenvalue weighted by Crippen LogP contribution is -2.62. The molecule has 0 radical (unpaired) electrons. The zero-order chi connectivity index (χ0) is 24.0. The molecule has 0 N–H and O–H groups in total. The van der Waals surface area contributed by atoms with Gasteiger partial charge in [0.15, 0.2) is 0 Å². The summed E-state index contributed by atoms with van der Waals surface area (Å²) in [5.41, 5.74) is 3.23. The van der Waals surface area contributed by atoms with E-state index >= 15 is 0 Å². The maximum Gasteiger partial charge on any atom is 0.416 e. The Hall–Kier alpha value is -2.92. The number of piperidine rings is 3. The highest BCUT2D eigenvalue weighted by Gasteiger charge is 2.54. The van der Waals surface area contributed by atoms with Crippen LogP contribution in [-0.4, -0.2) is 28.7 Å². The zero-order valence-electron chi connectivity index (χ0n) is 19.5. The number of alkyl halides is 3. The molecular formula is C30H29F3N2. The molecular weight excluding hydrogens is 445 g/mol. The molecule has 4 bridgehead atoms. The van der Waals surface area contributed by atoms with Gasteiger partial charge in [-0.05, 0) is 48.4 Å². The number of rotatable bonds is 5.